The summed E-state index contributed by atoms with van der Waals surface area (Å²) >= 11 is 4.23. The summed E-state index contributed by atoms with van der Waals surface area (Å²) in [5.41, 5.74) is 2.11. The van der Waals surface area contributed by atoms with Crippen LogP contribution in [0.3, 0.4) is 0 Å². The van der Waals surface area contributed by atoms with Gasteiger partial charge in [-0.3, -0.25) is 0 Å². The van der Waals surface area contributed by atoms with Gasteiger partial charge < -0.3 is 10.1 Å². The van der Waals surface area contributed by atoms with E-state index in [0.717, 1.165) is 5.56 Å². The minimum atomic E-state index is -0.966. The molecule has 0 radical (unpaired) electrons. The number of thiol groups is 1. The first kappa shape index (κ1) is 13.3. The first-order chi connectivity index (χ1) is 10.1. The average Bonchev–Trinajstić information content (AvgIpc) is 2.94. The van der Waals surface area contributed by atoms with E-state index in [4.69, 9.17) is 5.11 Å². The number of nitrogens with one attached hydrogen (secondary N) is 1. The van der Waals surface area contributed by atoms with Crippen molar-refractivity contribution in [3.63, 3.8) is 0 Å². The van der Waals surface area contributed by atoms with Crippen molar-refractivity contribution in [3.8, 4) is 0 Å². The van der Waals surface area contributed by atoms with E-state index in [-0.39, 0.29) is 11.5 Å². The van der Waals surface area contributed by atoms with E-state index < -0.39 is 5.97 Å². The maximum absolute atomic E-state index is 10.8. The summed E-state index contributed by atoms with van der Waals surface area (Å²) in [6, 6.07) is 6.33. The molecular formula is C13H9N5O2S. The van der Waals surface area contributed by atoms with Crippen molar-refractivity contribution in [3.05, 3.63) is 41.7 Å². The highest BCUT2D eigenvalue weighted by Crippen LogP contribution is 2.18. The number of fused-ring (bicyclic) bond motifs is 1. The average molecular weight is 299 g/mol. The zero-order chi connectivity index (χ0) is 14.8. The molecule has 0 aliphatic rings. The normalized spacial score (nSPS) is 11.3. The lowest BCUT2D eigenvalue weighted by Crippen LogP contribution is -1.95. The Kier molecular flexibility index (Phi) is 3.36. The summed E-state index contributed by atoms with van der Waals surface area (Å²) in [6.45, 7) is 0. The van der Waals surface area contributed by atoms with Crippen molar-refractivity contribution in [2.24, 2.45) is 4.99 Å². The Labute approximate surface area is 124 Å². The molecule has 0 atom stereocenters. The highest BCUT2D eigenvalue weighted by atomic mass is 32.1. The van der Waals surface area contributed by atoms with E-state index in [9.17, 15) is 4.79 Å². The number of nitrogens with zero attached hydrogens (tertiary/aromatic N) is 4. The van der Waals surface area contributed by atoms with Crippen molar-refractivity contribution in [2.45, 2.75) is 5.03 Å². The van der Waals surface area contributed by atoms with Crippen LogP contribution < -0.4 is 0 Å². The van der Waals surface area contributed by atoms with E-state index >= 15 is 0 Å². The topological polar surface area (TPSA) is 104 Å². The number of imidazole rings is 1. The third-order valence-electron chi connectivity index (χ3n) is 2.74. The third-order valence-corrected chi connectivity index (χ3v) is 3.05. The summed E-state index contributed by atoms with van der Waals surface area (Å²) in [5.74, 6) is -0.717. The van der Waals surface area contributed by atoms with Crippen LogP contribution in [0.4, 0.5) is 5.95 Å². The zero-order valence-corrected chi connectivity index (χ0v) is 11.5. The number of H-pyrrole nitrogens is 1. The van der Waals surface area contributed by atoms with E-state index in [0.29, 0.717) is 16.2 Å². The van der Waals surface area contributed by atoms with Crippen molar-refractivity contribution >= 4 is 41.9 Å². The van der Waals surface area contributed by atoms with Gasteiger partial charge in [0.1, 0.15) is 10.5 Å². The van der Waals surface area contributed by atoms with Gasteiger partial charge in [0.15, 0.2) is 5.65 Å². The van der Waals surface area contributed by atoms with Crippen LogP contribution in [-0.2, 0) is 0 Å². The van der Waals surface area contributed by atoms with Crippen LogP contribution in [0.1, 0.15) is 15.9 Å². The highest BCUT2D eigenvalue weighted by molar-refractivity contribution is 7.80. The minimum Gasteiger partial charge on any atom is -0.478 e. The van der Waals surface area contributed by atoms with E-state index in [2.05, 4.69) is 37.6 Å². The number of rotatable bonds is 3. The van der Waals surface area contributed by atoms with E-state index in [1.807, 2.05) is 0 Å². The largest absolute Gasteiger partial charge is 0.478 e. The Hall–Kier alpha value is -2.74. The lowest BCUT2D eigenvalue weighted by Gasteiger charge is -1.97. The van der Waals surface area contributed by atoms with Gasteiger partial charge in [-0.05, 0) is 17.7 Å². The lowest BCUT2D eigenvalue weighted by atomic mass is 10.1. The van der Waals surface area contributed by atoms with Crippen LogP contribution in [0, 0.1) is 0 Å². The number of carbonyl (C=O) groups is 1. The van der Waals surface area contributed by atoms with Crippen LogP contribution in [-0.4, -0.2) is 37.2 Å². The molecule has 0 spiro atoms. The van der Waals surface area contributed by atoms with Gasteiger partial charge in [0, 0.05) is 6.21 Å². The van der Waals surface area contributed by atoms with Gasteiger partial charge in [0.25, 0.3) is 5.95 Å². The zero-order valence-electron chi connectivity index (χ0n) is 10.6. The number of benzene rings is 1. The number of hydrogen-bond donors (Lipinski definition) is 3. The van der Waals surface area contributed by atoms with Crippen LogP contribution in [0.25, 0.3) is 11.2 Å². The van der Waals surface area contributed by atoms with Gasteiger partial charge in [-0.1, -0.05) is 12.1 Å². The van der Waals surface area contributed by atoms with Gasteiger partial charge in [-0.15, -0.1) is 12.6 Å². The van der Waals surface area contributed by atoms with Crippen molar-refractivity contribution in [1.29, 1.82) is 0 Å². The summed E-state index contributed by atoms with van der Waals surface area (Å²) in [6.07, 6.45) is 3.06. The maximum atomic E-state index is 10.8. The van der Waals surface area contributed by atoms with Gasteiger partial charge in [-0.25, -0.2) is 19.8 Å². The molecule has 104 valence electrons. The molecule has 0 amide bonds. The molecule has 0 fully saturated rings. The first-order valence-electron chi connectivity index (χ1n) is 5.91. The maximum Gasteiger partial charge on any atom is 0.335 e. The Balaban J connectivity index is 1.88. The van der Waals surface area contributed by atoms with E-state index in [1.54, 1.807) is 18.3 Å². The Morgan fingerprint density at radius 1 is 1.29 bits per heavy atom. The van der Waals surface area contributed by atoms with Crippen LogP contribution in [0.15, 0.2) is 40.6 Å². The molecule has 2 N–H and O–H groups in total. The lowest BCUT2D eigenvalue weighted by molar-refractivity contribution is 0.0697. The third kappa shape index (κ3) is 2.75. The number of hydrogen-bond acceptors (Lipinski definition) is 6. The fraction of sp³-hybridized carbons (Fsp3) is 0. The number of carboxylic acids is 1. The SMILES string of the molecule is O=C(O)c1ccc(C=Nc2nc(S)c3nc[nH]c3n2)cc1. The van der Waals surface area contributed by atoms with Gasteiger partial charge in [-0.2, -0.15) is 4.98 Å². The van der Waals surface area contributed by atoms with Crippen molar-refractivity contribution in [2.75, 3.05) is 0 Å². The molecule has 0 aliphatic carbocycles. The molecule has 0 saturated heterocycles. The number of aliphatic imine (C=N–C) groups is 1. The van der Waals surface area contributed by atoms with Crippen molar-refractivity contribution in [1.82, 2.24) is 19.9 Å². The summed E-state index contributed by atoms with van der Waals surface area (Å²) in [5, 5.41) is 9.26. The second kappa shape index (κ2) is 5.33. The van der Waals surface area contributed by atoms with Crippen LogP contribution in [0.2, 0.25) is 0 Å². The predicted molar refractivity (Wildman–Crippen MR) is 79.6 cm³/mol. The quantitative estimate of drug-likeness (QED) is 0.390. The molecule has 2 aromatic heterocycles. The number of aromatic carboxylic acids is 1. The molecule has 0 saturated carbocycles. The fourth-order valence-electron chi connectivity index (χ4n) is 1.71. The first-order valence-corrected chi connectivity index (χ1v) is 6.36. The van der Waals surface area contributed by atoms with E-state index in [1.165, 1.54) is 18.5 Å². The smallest absolute Gasteiger partial charge is 0.335 e. The monoisotopic (exact) mass is 299 g/mol. The Morgan fingerprint density at radius 2 is 2.05 bits per heavy atom. The fourth-order valence-corrected chi connectivity index (χ4v) is 1.96. The minimum absolute atomic E-state index is 0.222. The molecule has 1 aromatic carbocycles. The molecule has 0 aliphatic heterocycles. The molecule has 8 heteroatoms. The van der Waals surface area contributed by atoms with Crippen LogP contribution >= 0.6 is 12.6 Å². The number of aromatic nitrogens is 4. The number of aromatic amines is 1. The Morgan fingerprint density at radius 3 is 2.76 bits per heavy atom. The highest BCUT2D eigenvalue weighted by Gasteiger charge is 2.06. The summed E-state index contributed by atoms with van der Waals surface area (Å²) in [7, 11) is 0. The van der Waals surface area contributed by atoms with Crippen molar-refractivity contribution < 1.29 is 9.90 Å². The summed E-state index contributed by atoms with van der Waals surface area (Å²) < 4.78 is 0. The molecule has 7 nitrogen and oxygen atoms in total. The molecular weight excluding hydrogens is 290 g/mol. The molecule has 21 heavy (non-hydrogen) atoms. The number of carboxylic acid groups (broad SMARTS) is 1. The molecule has 3 aromatic rings. The molecule has 0 bridgehead atoms. The van der Waals surface area contributed by atoms with Gasteiger partial charge in [0.2, 0.25) is 0 Å². The summed E-state index contributed by atoms with van der Waals surface area (Å²) in [4.78, 5) is 30.1. The standard InChI is InChI=1S/C13H9N5O2S/c19-12(20)8-3-1-7(2-4-8)5-14-13-17-10-9(11(21)18-13)15-6-16-10/h1-6H,(H,19,20)(H2,15,16,17,18,21). The Bertz CT molecular complexity index is 841. The molecule has 2 heterocycles. The van der Waals surface area contributed by atoms with Crippen LogP contribution in [0.5, 0.6) is 0 Å². The molecule has 0 unspecified atom stereocenters. The second-order valence-electron chi connectivity index (χ2n) is 4.13. The second-order valence-corrected chi connectivity index (χ2v) is 4.56. The van der Waals surface area contributed by atoms with Gasteiger partial charge >= 0.3 is 5.97 Å². The molecule has 3 rings (SSSR count). The van der Waals surface area contributed by atoms with Gasteiger partial charge in [0.05, 0.1) is 11.9 Å². The predicted octanol–water partition coefficient (Wildman–Crippen LogP) is 2.09.